The Bertz CT molecular complexity index is 1430. The number of alkyl halides is 10. The SMILES string of the molecule is Cc1cc(C(F)(C(F)(F)F)C(F)(F)F)cc(C(F)(F)F)c1NC(=O)c1csc(N(C)C(=O)c2ccccc2F)n1. The first-order valence-electron chi connectivity index (χ1n) is 10.5. The van der Waals surface area contributed by atoms with Gasteiger partial charge in [-0.3, -0.25) is 14.5 Å². The molecule has 0 saturated carbocycles. The fraction of sp³-hybridized carbons (Fsp3) is 0.261. The highest BCUT2D eigenvalue weighted by molar-refractivity contribution is 7.14. The van der Waals surface area contributed by atoms with E-state index in [9.17, 15) is 57.9 Å². The second-order valence-electron chi connectivity index (χ2n) is 8.18. The number of nitrogens with zero attached hydrogens (tertiary/aromatic N) is 2. The summed E-state index contributed by atoms with van der Waals surface area (Å²) >= 11 is 0.639. The van der Waals surface area contributed by atoms with Gasteiger partial charge in [0.15, 0.2) is 5.13 Å². The highest BCUT2D eigenvalue weighted by Crippen LogP contribution is 2.54. The van der Waals surface area contributed by atoms with Gasteiger partial charge in [-0.1, -0.05) is 18.2 Å². The van der Waals surface area contributed by atoms with Crippen molar-refractivity contribution in [1.82, 2.24) is 4.98 Å². The van der Waals surface area contributed by atoms with Crippen molar-refractivity contribution < 1.29 is 57.9 Å². The van der Waals surface area contributed by atoms with E-state index in [1.165, 1.54) is 12.1 Å². The summed E-state index contributed by atoms with van der Waals surface area (Å²) in [5.41, 5.74) is -13.9. The van der Waals surface area contributed by atoms with Crippen LogP contribution in [-0.2, 0) is 11.8 Å². The number of rotatable bonds is 5. The van der Waals surface area contributed by atoms with E-state index in [0.717, 1.165) is 29.5 Å². The van der Waals surface area contributed by atoms with Crippen LogP contribution in [0.1, 0.15) is 37.5 Å². The van der Waals surface area contributed by atoms with Crippen LogP contribution in [0.15, 0.2) is 41.8 Å². The molecule has 1 aromatic heterocycles. The van der Waals surface area contributed by atoms with E-state index in [1.54, 1.807) is 5.32 Å². The van der Waals surface area contributed by atoms with E-state index in [2.05, 4.69) is 4.98 Å². The van der Waals surface area contributed by atoms with Crippen LogP contribution in [0, 0.1) is 12.7 Å². The summed E-state index contributed by atoms with van der Waals surface area (Å²) in [5, 5.41) is 2.49. The summed E-state index contributed by atoms with van der Waals surface area (Å²) < 4.78 is 148. The van der Waals surface area contributed by atoms with Crippen LogP contribution in [0.5, 0.6) is 0 Å². The predicted octanol–water partition coefficient (Wildman–Crippen LogP) is 7.43. The largest absolute Gasteiger partial charge is 0.435 e. The standard InChI is InChI=1S/C23H14F11N3O2S/c1-10-7-11(20(25,22(29,30)31)23(32,33)34)8-13(21(26,27)28)16(10)36-17(38)15-9-40-19(35-15)37(2)18(39)12-5-3-4-6-14(12)24/h3-9H,1-2H3,(H,36,38). The zero-order chi connectivity index (χ0) is 30.4. The summed E-state index contributed by atoms with van der Waals surface area (Å²) in [5.74, 6) is -3.16. The number of anilines is 2. The van der Waals surface area contributed by atoms with Crippen molar-refractivity contribution in [2.24, 2.45) is 0 Å². The monoisotopic (exact) mass is 605 g/mol. The van der Waals surface area contributed by atoms with Gasteiger partial charge in [0.05, 0.1) is 16.8 Å². The Balaban J connectivity index is 1.99. The average Bonchev–Trinajstić information content (AvgIpc) is 3.32. The molecule has 0 bridgehead atoms. The third kappa shape index (κ3) is 5.59. The third-order valence-corrected chi connectivity index (χ3v) is 6.40. The minimum Gasteiger partial charge on any atom is -0.320 e. The van der Waals surface area contributed by atoms with Gasteiger partial charge in [0.25, 0.3) is 11.8 Å². The first-order chi connectivity index (χ1) is 18.2. The smallest absolute Gasteiger partial charge is 0.320 e. The lowest BCUT2D eigenvalue weighted by Crippen LogP contribution is -2.50. The van der Waals surface area contributed by atoms with Gasteiger partial charge >= 0.3 is 24.2 Å². The molecule has 0 saturated heterocycles. The van der Waals surface area contributed by atoms with Crippen LogP contribution < -0.4 is 10.2 Å². The van der Waals surface area contributed by atoms with Crippen LogP contribution in [-0.4, -0.2) is 36.2 Å². The Kier molecular flexibility index (Phi) is 7.95. The van der Waals surface area contributed by atoms with E-state index >= 15 is 0 Å². The molecular formula is C23H14F11N3O2S. The molecule has 0 radical (unpaired) electrons. The first-order valence-corrected chi connectivity index (χ1v) is 11.4. The van der Waals surface area contributed by atoms with Crippen LogP contribution in [0.4, 0.5) is 59.1 Å². The van der Waals surface area contributed by atoms with Crippen molar-refractivity contribution in [3.05, 3.63) is 75.5 Å². The quantitative estimate of drug-likeness (QED) is 0.308. The van der Waals surface area contributed by atoms with Gasteiger partial charge < -0.3 is 5.32 Å². The van der Waals surface area contributed by atoms with Gasteiger partial charge in [-0.2, -0.15) is 39.5 Å². The lowest BCUT2D eigenvalue weighted by Gasteiger charge is -2.31. The van der Waals surface area contributed by atoms with Crippen molar-refractivity contribution in [1.29, 1.82) is 0 Å². The Morgan fingerprint density at radius 1 is 0.925 bits per heavy atom. The number of nitrogens with one attached hydrogen (secondary N) is 1. The molecule has 0 aliphatic carbocycles. The molecule has 216 valence electrons. The molecule has 1 heterocycles. The zero-order valence-corrected chi connectivity index (χ0v) is 20.6. The molecule has 0 atom stereocenters. The van der Waals surface area contributed by atoms with Crippen LogP contribution in [0.2, 0.25) is 0 Å². The molecular weight excluding hydrogens is 591 g/mol. The summed E-state index contributed by atoms with van der Waals surface area (Å²) in [6.45, 7) is 0.634. The number of hydrogen-bond donors (Lipinski definition) is 1. The number of amides is 2. The fourth-order valence-corrected chi connectivity index (χ4v) is 4.23. The summed E-state index contributed by atoms with van der Waals surface area (Å²) in [4.78, 5) is 29.8. The van der Waals surface area contributed by atoms with Crippen LogP contribution in [0.3, 0.4) is 0 Å². The predicted molar refractivity (Wildman–Crippen MR) is 120 cm³/mol. The van der Waals surface area contributed by atoms with Gasteiger partial charge in [0.1, 0.15) is 11.5 Å². The summed E-state index contributed by atoms with van der Waals surface area (Å²) in [6.07, 6.45) is -19.0. The maximum atomic E-state index is 14.5. The number of hydrogen-bond acceptors (Lipinski definition) is 4. The third-order valence-electron chi connectivity index (χ3n) is 5.48. The Hall–Kier alpha value is -3.76. The van der Waals surface area contributed by atoms with Gasteiger partial charge in [0, 0.05) is 18.0 Å². The maximum absolute atomic E-state index is 14.5. The molecule has 40 heavy (non-hydrogen) atoms. The molecule has 0 spiro atoms. The van der Waals surface area contributed by atoms with Crippen LogP contribution >= 0.6 is 11.3 Å². The number of carbonyl (C=O) groups excluding carboxylic acids is 2. The molecule has 2 aromatic carbocycles. The van der Waals surface area contributed by atoms with Crippen molar-refractivity contribution in [2.75, 3.05) is 17.3 Å². The molecule has 17 heteroatoms. The fourth-order valence-electron chi connectivity index (χ4n) is 3.47. The number of benzene rings is 2. The Morgan fingerprint density at radius 2 is 1.50 bits per heavy atom. The van der Waals surface area contributed by atoms with Crippen LogP contribution in [0.25, 0.3) is 0 Å². The number of carbonyl (C=O) groups is 2. The Labute approximate surface area is 221 Å². The lowest BCUT2D eigenvalue weighted by molar-refractivity contribution is -0.348. The average molecular weight is 605 g/mol. The van der Waals surface area contributed by atoms with Crippen molar-refractivity contribution >= 4 is 34.0 Å². The molecule has 3 aromatic rings. The molecule has 1 N–H and O–H groups in total. The van der Waals surface area contributed by atoms with Gasteiger partial charge in [-0.15, -0.1) is 11.3 Å². The molecule has 0 aliphatic rings. The first kappa shape index (κ1) is 30.8. The number of aromatic nitrogens is 1. The summed E-state index contributed by atoms with van der Waals surface area (Å²) in [6, 6.07) is 4.05. The number of halogens is 11. The topological polar surface area (TPSA) is 62.3 Å². The maximum Gasteiger partial charge on any atom is 0.435 e. The van der Waals surface area contributed by atoms with Gasteiger partial charge in [-0.05, 0) is 30.7 Å². The van der Waals surface area contributed by atoms with E-state index < -0.39 is 76.0 Å². The van der Waals surface area contributed by atoms with Crippen molar-refractivity contribution in [3.63, 3.8) is 0 Å². The molecule has 0 aliphatic heterocycles. The highest BCUT2D eigenvalue weighted by atomic mass is 32.1. The van der Waals surface area contributed by atoms with E-state index in [4.69, 9.17) is 0 Å². The number of thiazole rings is 1. The molecule has 0 unspecified atom stereocenters. The zero-order valence-electron chi connectivity index (χ0n) is 19.8. The van der Waals surface area contributed by atoms with Crippen molar-refractivity contribution in [2.45, 2.75) is 31.1 Å². The summed E-state index contributed by atoms with van der Waals surface area (Å²) in [7, 11) is 1.16. The van der Waals surface area contributed by atoms with Gasteiger partial charge in [0.2, 0.25) is 0 Å². The van der Waals surface area contributed by atoms with E-state index in [1.807, 2.05) is 0 Å². The second-order valence-corrected chi connectivity index (χ2v) is 9.02. The normalized spacial score (nSPS) is 12.8. The molecule has 5 nitrogen and oxygen atoms in total. The highest BCUT2D eigenvalue weighted by Gasteiger charge is 2.73. The Morgan fingerprint density at radius 3 is 2.02 bits per heavy atom. The minimum atomic E-state index is -6.67. The number of aryl methyl sites for hydroxylation is 1. The molecule has 2 amide bonds. The minimum absolute atomic E-state index is 0.112. The molecule has 3 rings (SSSR count). The lowest BCUT2D eigenvalue weighted by atomic mass is 9.90. The molecule has 0 fully saturated rings. The van der Waals surface area contributed by atoms with Gasteiger partial charge in [-0.25, -0.2) is 13.8 Å². The van der Waals surface area contributed by atoms with E-state index in [0.29, 0.717) is 18.3 Å². The van der Waals surface area contributed by atoms with E-state index in [-0.39, 0.29) is 16.8 Å². The van der Waals surface area contributed by atoms with Crippen molar-refractivity contribution in [3.8, 4) is 0 Å². The second kappa shape index (κ2) is 10.3.